The topological polar surface area (TPSA) is 0 Å². The van der Waals surface area contributed by atoms with Gasteiger partial charge in [0.15, 0.2) is 0 Å². The van der Waals surface area contributed by atoms with Crippen LogP contribution in [-0.2, 0) is 0 Å². The van der Waals surface area contributed by atoms with Crippen molar-refractivity contribution in [1.82, 2.24) is 0 Å². The van der Waals surface area contributed by atoms with Gasteiger partial charge in [-0.2, -0.15) is 0 Å². The van der Waals surface area contributed by atoms with Gasteiger partial charge in [0.2, 0.25) is 0 Å². The first kappa shape index (κ1) is 22.7. The summed E-state index contributed by atoms with van der Waals surface area (Å²) < 4.78 is 0. The monoisotopic (exact) mass is 176 g/mol. The summed E-state index contributed by atoms with van der Waals surface area (Å²) >= 11 is 0. The van der Waals surface area contributed by atoms with Crippen LogP contribution < -0.4 is 0 Å². The summed E-state index contributed by atoms with van der Waals surface area (Å²) in [5, 5.41) is 0. The van der Waals surface area contributed by atoms with Gasteiger partial charge in [-0.05, 0) is 5.92 Å². The van der Waals surface area contributed by atoms with Gasteiger partial charge in [-0.3, -0.25) is 0 Å². The van der Waals surface area contributed by atoms with E-state index in [2.05, 4.69) is 6.92 Å². The highest BCUT2D eigenvalue weighted by atomic mass is 14.1. The van der Waals surface area contributed by atoms with Crippen LogP contribution in [0.1, 0.15) is 75.2 Å². The predicted molar refractivity (Wildman–Crippen MR) is 63.8 cm³/mol. The first-order valence-electron chi connectivity index (χ1n) is 4.89. The number of rotatable bonds is 0. The maximum atomic E-state index is 2.34. The van der Waals surface area contributed by atoms with E-state index in [1.807, 2.05) is 27.7 Å². The summed E-state index contributed by atoms with van der Waals surface area (Å²) in [5.74, 6) is 1.05. The average Bonchev–Trinajstić information content (AvgIpc) is 2.48. The largest absolute Gasteiger partial charge is 0.0776 e. The Morgan fingerprint density at radius 3 is 1.08 bits per heavy atom. The molecule has 0 bridgehead atoms. The van der Waals surface area contributed by atoms with Crippen molar-refractivity contribution in [3.63, 3.8) is 0 Å². The zero-order valence-corrected chi connectivity index (χ0v) is 8.41. The molecule has 0 aromatic rings. The smallest absolute Gasteiger partial charge is 0.0443 e. The number of hydrogen-bond donors (Lipinski definition) is 0. The SMILES string of the molecule is C.C.CC.CC.CC1CCCC1. The van der Waals surface area contributed by atoms with Crippen molar-refractivity contribution in [2.45, 2.75) is 75.2 Å². The molecular weight excluding hydrogens is 144 g/mol. The van der Waals surface area contributed by atoms with Gasteiger partial charge in [0, 0.05) is 0 Å². The summed E-state index contributed by atoms with van der Waals surface area (Å²) in [7, 11) is 0. The van der Waals surface area contributed by atoms with Gasteiger partial charge in [-0.15, -0.1) is 0 Å². The molecule has 0 atom stereocenters. The molecule has 1 aliphatic rings. The molecule has 0 unspecified atom stereocenters. The summed E-state index contributed by atoms with van der Waals surface area (Å²) in [6.07, 6.45) is 5.95. The molecule has 0 N–H and O–H groups in total. The second-order valence-corrected chi connectivity index (χ2v) is 2.39. The van der Waals surface area contributed by atoms with Crippen molar-refractivity contribution in [2.24, 2.45) is 5.92 Å². The summed E-state index contributed by atoms with van der Waals surface area (Å²) in [4.78, 5) is 0. The molecule has 1 aliphatic carbocycles. The Bertz CT molecular complexity index is 33.3. The minimum atomic E-state index is 0. The molecule has 1 fully saturated rings. The van der Waals surface area contributed by atoms with Crippen molar-refractivity contribution >= 4 is 0 Å². The Balaban J connectivity index is -0.0000000480. The molecule has 0 saturated heterocycles. The zero-order chi connectivity index (χ0) is 8.41. The van der Waals surface area contributed by atoms with E-state index in [1.165, 1.54) is 25.7 Å². The Morgan fingerprint density at radius 1 is 0.750 bits per heavy atom. The molecule has 0 heteroatoms. The molecule has 0 spiro atoms. The van der Waals surface area contributed by atoms with Crippen LogP contribution in [0.2, 0.25) is 0 Å². The van der Waals surface area contributed by atoms with Crippen LogP contribution in [0.5, 0.6) is 0 Å². The van der Waals surface area contributed by atoms with E-state index >= 15 is 0 Å². The van der Waals surface area contributed by atoms with Gasteiger partial charge in [-0.25, -0.2) is 0 Å². The van der Waals surface area contributed by atoms with Crippen LogP contribution in [0.25, 0.3) is 0 Å². The quantitative estimate of drug-likeness (QED) is 0.456. The second kappa shape index (κ2) is 22.4. The lowest BCUT2D eigenvalue weighted by Crippen LogP contribution is -1.78. The van der Waals surface area contributed by atoms with Gasteiger partial charge in [0.05, 0.1) is 0 Å². The van der Waals surface area contributed by atoms with Crippen molar-refractivity contribution in [1.29, 1.82) is 0 Å². The molecule has 1 rings (SSSR count). The molecule has 0 radical (unpaired) electrons. The molecular formula is C12H32. The highest BCUT2D eigenvalue weighted by Crippen LogP contribution is 2.22. The zero-order valence-electron chi connectivity index (χ0n) is 8.41. The fourth-order valence-corrected chi connectivity index (χ4v) is 1.13. The van der Waals surface area contributed by atoms with E-state index < -0.39 is 0 Å². The minimum absolute atomic E-state index is 0. The minimum Gasteiger partial charge on any atom is -0.0776 e. The van der Waals surface area contributed by atoms with E-state index in [0.717, 1.165) is 5.92 Å². The first-order valence-corrected chi connectivity index (χ1v) is 4.89. The Labute approximate surface area is 81.8 Å². The fraction of sp³-hybridized carbons (Fsp3) is 1.00. The molecule has 80 valence electrons. The molecule has 0 amide bonds. The third kappa shape index (κ3) is 16.5. The van der Waals surface area contributed by atoms with Gasteiger partial charge in [-0.1, -0.05) is 75.2 Å². The average molecular weight is 176 g/mol. The predicted octanol–water partition coefficient (Wildman–Crippen LogP) is 5.52. The van der Waals surface area contributed by atoms with E-state index in [-0.39, 0.29) is 14.9 Å². The van der Waals surface area contributed by atoms with Gasteiger partial charge >= 0.3 is 0 Å². The van der Waals surface area contributed by atoms with Crippen LogP contribution in [0, 0.1) is 5.92 Å². The molecule has 12 heavy (non-hydrogen) atoms. The third-order valence-corrected chi connectivity index (χ3v) is 1.64. The second-order valence-electron chi connectivity index (χ2n) is 2.39. The fourth-order valence-electron chi connectivity index (χ4n) is 1.13. The highest BCUT2D eigenvalue weighted by molar-refractivity contribution is 4.60. The highest BCUT2D eigenvalue weighted by Gasteiger charge is 2.07. The molecule has 1 saturated carbocycles. The van der Waals surface area contributed by atoms with Crippen molar-refractivity contribution in [3.8, 4) is 0 Å². The lowest BCUT2D eigenvalue weighted by Gasteiger charge is -1.91. The lowest BCUT2D eigenvalue weighted by atomic mass is 10.2. The molecule has 0 aromatic heterocycles. The lowest BCUT2D eigenvalue weighted by molar-refractivity contribution is 0.612. The summed E-state index contributed by atoms with van der Waals surface area (Å²) in [6, 6.07) is 0. The summed E-state index contributed by atoms with van der Waals surface area (Å²) in [5.41, 5.74) is 0. The Morgan fingerprint density at radius 2 is 1.00 bits per heavy atom. The van der Waals surface area contributed by atoms with Crippen molar-refractivity contribution in [2.75, 3.05) is 0 Å². The van der Waals surface area contributed by atoms with E-state index in [9.17, 15) is 0 Å². The van der Waals surface area contributed by atoms with Gasteiger partial charge in [0.1, 0.15) is 0 Å². The van der Waals surface area contributed by atoms with E-state index in [4.69, 9.17) is 0 Å². The Hall–Kier alpha value is 0. The van der Waals surface area contributed by atoms with Crippen LogP contribution in [0.4, 0.5) is 0 Å². The van der Waals surface area contributed by atoms with Gasteiger partial charge in [0.25, 0.3) is 0 Å². The molecule has 0 aromatic carbocycles. The Kier molecular flexibility index (Phi) is 42.4. The van der Waals surface area contributed by atoms with Crippen LogP contribution in [-0.4, -0.2) is 0 Å². The molecule has 0 aliphatic heterocycles. The van der Waals surface area contributed by atoms with Gasteiger partial charge < -0.3 is 0 Å². The molecule has 0 heterocycles. The van der Waals surface area contributed by atoms with E-state index in [1.54, 1.807) is 0 Å². The maximum absolute atomic E-state index is 2.34. The van der Waals surface area contributed by atoms with E-state index in [0.29, 0.717) is 0 Å². The maximum Gasteiger partial charge on any atom is -0.0443 e. The standard InChI is InChI=1S/C6H12.2C2H6.2CH4/c1-6-4-2-3-5-6;2*1-2;;/h6H,2-5H2,1H3;2*1-2H3;2*1H4. The van der Waals surface area contributed by atoms with Crippen LogP contribution >= 0.6 is 0 Å². The summed E-state index contributed by atoms with van der Waals surface area (Å²) in [6.45, 7) is 10.3. The van der Waals surface area contributed by atoms with Crippen LogP contribution in [0.15, 0.2) is 0 Å². The van der Waals surface area contributed by atoms with Crippen molar-refractivity contribution in [3.05, 3.63) is 0 Å². The number of hydrogen-bond acceptors (Lipinski definition) is 0. The van der Waals surface area contributed by atoms with Crippen LogP contribution in [0.3, 0.4) is 0 Å². The third-order valence-electron chi connectivity index (χ3n) is 1.64. The first-order chi connectivity index (χ1) is 4.89. The van der Waals surface area contributed by atoms with Crippen molar-refractivity contribution < 1.29 is 0 Å². The molecule has 0 nitrogen and oxygen atoms in total. The normalized spacial score (nSPS) is 13.8.